The quantitative estimate of drug-likeness (QED) is 0.526. The SMILES string of the molecule is C[C@@H](c1nc2ccccc2n1C(F)F)N1CCC(C(=O)Nc2cc(Cl)ccc2O)CC1. The van der Waals surface area contributed by atoms with Gasteiger partial charge in [0.1, 0.15) is 11.6 Å². The number of likely N-dealkylation sites (tertiary alicyclic amines) is 1. The van der Waals surface area contributed by atoms with Gasteiger partial charge in [0.2, 0.25) is 5.91 Å². The summed E-state index contributed by atoms with van der Waals surface area (Å²) in [4.78, 5) is 19.2. The topological polar surface area (TPSA) is 70.4 Å². The number of hydrogen-bond acceptors (Lipinski definition) is 4. The number of aromatic nitrogens is 2. The van der Waals surface area contributed by atoms with Crippen LogP contribution in [0.3, 0.4) is 0 Å². The maximum atomic E-state index is 13.8. The molecular weight excluding hydrogens is 426 g/mol. The van der Waals surface area contributed by atoms with Gasteiger partial charge in [-0.15, -0.1) is 0 Å². The number of fused-ring (bicyclic) bond motifs is 1. The molecule has 1 aromatic heterocycles. The number of halogens is 3. The molecule has 31 heavy (non-hydrogen) atoms. The fraction of sp³-hybridized carbons (Fsp3) is 0.364. The molecule has 0 bridgehead atoms. The summed E-state index contributed by atoms with van der Waals surface area (Å²) >= 11 is 5.93. The summed E-state index contributed by atoms with van der Waals surface area (Å²) < 4.78 is 28.5. The number of hydrogen-bond donors (Lipinski definition) is 2. The molecule has 1 aliphatic rings. The molecule has 6 nitrogen and oxygen atoms in total. The van der Waals surface area contributed by atoms with Crippen LogP contribution in [-0.4, -0.2) is 38.6 Å². The summed E-state index contributed by atoms with van der Waals surface area (Å²) in [6.07, 6.45) is 1.15. The van der Waals surface area contributed by atoms with Gasteiger partial charge in [-0.2, -0.15) is 8.78 Å². The van der Waals surface area contributed by atoms with E-state index < -0.39 is 6.55 Å². The molecule has 3 aromatic rings. The van der Waals surface area contributed by atoms with Crippen LogP contribution in [0.5, 0.6) is 5.75 Å². The molecule has 1 atom stereocenters. The largest absolute Gasteiger partial charge is 0.506 e. The molecule has 2 heterocycles. The Morgan fingerprint density at radius 2 is 1.94 bits per heavy atom. The Morgan fingerprint density at radius 1 is 1.23 bits per heavy atom. The zero-order chi connectivity index (χ0) is 22.1. The van der Waals surface area contributed by atoms with Crippen molar-refractivity contribution in [3.8, 4) is 5.75 Å². The number of phenolic OH excluding ortho intramolecular Hbond substituents is 1. The number of amides is 1. The molecule has 2 aromatic carbocycles. The number of carbonyl (C=O) groups excluding carboxylic acids is 1. The van der Waals surface area contributed by atoms with E-state index in [1.165, 1.54) is 12.1 Å². The van der Waals surface area contributed by atoms with Crippen LogP contribution in [0.25, 0.3) is 11.0 Å². The van der Waals surface area contributed by atoms with Gasteiger partial charge in [0, 0.05) is 10.9 Å². The number of piperidine rings is 1. The van der Waals surface area contributed by atoms with Gasteiger partial charge in [-0.25, -0.2) is 4.98 Å². The number of aromatic hydroxyl groups is 1. The Kier molecular flexibility index (Phi) is 6.11. The maximum Gasteiger partial charge on any atom is 0.320 e. The van der Waals surface area contributed by atoms with Crippen molar-refractivity contribution >= 4 is 34.2 Å². The highest BCUT2D eigenvalue weighted by molar-refractivity contribution is 6.31. The van der Waals surface area contributed by atoms with Crippen LogP contribution >= 0.6 is 11.6 Å². The first-order chi connectivity index (χ1) is 14.8. The average Bonchev–Trinajstić information content (AvgIpc) is 3.15. The Labute approximate surface area is 183 Å². The lowest BCUT2D eigenvalue weighted by Gasteiger charge is -2.35. The molecular formula is C22H23ClF2N4O2. The van der Waals surface area contributed by atoms with Gasteiger partial charge in [0.15, 0.2) is 0 Å². The number of rotatable bonds is 5. The number of para-hydroxylation sites is 2. The predicted molar refractivity (Wildman–Crippen MR) is 115 cm³/mol. The zero-order valence-corrected chi connectivity index (χ0v) is 17.7. The number of phenols is 1. The third-order valence-corrected chi connectivity index (χ3v) is 6.09. The first-order valence-corrected chi connectivity index (χ1v) is 10.5. The van der Waals surface area contributed by atoms with Crippen LogP contribution < -0.4 is 5.32 Å². The van der Waals surface area contributed by atoms with Crippen LogP contribution in [0.1, 0.15) is 38.2 Å². The normalized spacial score (nSPS) is 16.7. The number of anilines is 1. The molecule has 2 N–H and O–H groups in total. The van der Waals surface area contributed by atoms with E-state index in [0.717, 1.165) is 4.57 Å². The minimum Gasteiger partial charge on any atom is -0.506 e. The van der Waals surface area contributed by atoms with Gasteiger partial charge in [-0.3, -0.25) is 14.3 Å². The molecule has 0 aliphatic carbocycles. The lowest BCUT2D eigenvalue weighted by Crippen LogP contribution is -2.40. The highest BCUT2D eigenvalue weighted by Crippen LogP contribution is 2.33. The summed E-state index contributed by atoms with van der Waals surface area (Å²) in [5, 5.41) is 13.0. The summed E-state index contributed by atoms with van der Waals surface area (Å²) in [6.45, 7) is 0.337. The summed E-state index contributed by atoms with van der Waals surface area (Å²) in [5.74, 6) is -0.155. The minimum atomic E-state index is -2.68. The van der Waals surface area contributed by atoms with E-state index in [2.05, 4.69) is 15.2 Å². The third-order valence-electron chi connectivity index (χ3n) is 5.86. The molecule has 1 aliphatic heterocycles. The fourth-order valence-corrected chi connectivity index (χ4v) is 4.29. The van der Waals surface area contributed by atoms with Crippen LogP contribution in [0, 0.1) is 5.92 Å². The van der Waals surface area contributed by atoms with Gasteiger partial charge in [-0.1, -0.05) is 23.7 Å². The molecule has 1 fully saturated rings. The average molecular weight is 449 g/mol. The summed E-state index contributed by atoms with van der Waals surface area (Å²) in [7, 11) is 0. The number of imidazole rings is 1. The molecule has 0 spiro atoms. The van der Waals surface area contributed by atoms with Crippen molar-refractivity contribution in [2.75, 3.05) is 18.4 Å². The van der Waals surface area contributed by atoms with Crippen LogP contribution in [0.15, 0.2) is 42.5 Å². The smallest absolute Gasteiger partial charge is 0.320 e. The van der Waals surface area contributed by atoms with Crippen molar-refractivity contribution in [1.29, 1.82) is 0 Å². The monoisotopic (exact) mass is 448 g/mol. The lowest BCUT2D eigenvalue weighted by atomic mass is 9.94. The van der Waals surface area contributed by atoms with Crippen molar-refractivity contribution in [2.45, 2.75) is 32.4 Å². The van der Waals surface area contributed by atoms with E-state index >= 15 is 0 Å². The minimum absolute atomic E-state index is 0.0466. The van der Waals surface area contributed by atoms with E-state index in [1.54, 1.807) is 30.3 Å². The van der Waals surface area contributed by atoms with Crippen LogP contribution in [0.2, 0.25) is 5.02 Å². The number of nitrogens with zero attached hydrogens (tertiary/aromatic N) is 3. The number of nitrogens with one attached hydrogen (secondary N) is 1. The molecule has 0 unspecified atom stereocenters. The van der Waals surface area contributed by atoms with Crippen molar-refractivity contribution in [3.05, 3.63) is 53.3 Å². The van der Waals surface area contributed by atoms with Gasteiger partial charge in [0.05, 0.1) is 22.8 Å². The first-order valence-electron chi connectivity index (χ1n) is 10.1. The predicted octanol–water partition coefficient (Wildman–Crippen LogP) is 5.20. The number of alkyl halides is 2. The fourth-order valence-electron chi connectivity index (χ4n) is 4.12. The Hall–Kier alpha value is -2.71. The Balaban J connectivity index is 1.44. The van der Waals surface area contributed by atoms with Gasteiger partial charge in [0.25, 0.3) is 0 Å². The van der Waals surface area contributed by atoms with Gasteiger partial charge >= 0.3 is 6.55 Å². The second-order valence-corrected chi connectivity index (χ2v) is 8.18. The summed E-state index contributed by atoms with van der Waals surface area (Å²) in [5.41, 5.74) is 1.23. The molecule has 164 valence electrons. The van der Waals surface area contributed by atoms with Gasteiger partial charge in [-0.05, 0) is 63.2 Å². The van der Waals surface area contributed by atoms with E-state index in [1.807, 2.05) is 6.92 Å². The third kappa shape index (κ3) is 4.36. The standard InChI is InChI=1S/C22H23ClF2N4O2/c1-13(20-26-16-4-2-3-5-18(16)29(20)22(24)25)28-10-8-14(9-11-28)21(31)27-17-12-15(23)6-7-19(17)30/h2-7,12-14,22,30H,8-11H2,1H3,(H,27,31)/t13-/m0/s1. The van der Waals surface area contributed by atoms with Gasteiger partial charge < -0.3 is 10.4 Å². The van der Waals surface area contributed by atoms with Crippen molar-refractivity contribution < 1.29 is 18.7 Å². The van der Waals surface area contributed by atoms with Crippen LogP contribution in [-0.2, 0) is 4.79 Å². The lowest BCUT2D eigenvalue weighted by molar-refractivity contribution is -0.121. The Bertz CT molecular complexity index is 1100. The van der Waals surface area contributed by atoms with Crippen molar-refractivity contribution in [3.63, 3.8) is 0 Å². The van der Waals surface area contributed by atoms with Crippen LogP contribution in [0.4, 0.5) is 14.5 Å². The number of carbonyl (C=O) groups is 1. The summed E-state index contributed by atoms with van der Waals surface area (Å²) in [6, 6.07) is 11.0. The van der Waals surface area contributed by atoms with E-state index in [-0.39, 0.29) is 29.3 Å². The maximum absolute atomic E-state index is 13.8. The second kappa shape index (κ2) is 8.80. The molecule has 4 rings (SSSR count). The molecule has 1 amide bonds. The van der Waals surface area contributed by atoms with E-state index in [0.29, 0.717) is 47.8 Å². The zero-order valence-electron chi connectivity index (χ0n) is 16.9. The van der Waals surface area contributed by atoms with E-state index in [4.69, 9.17) is 11.6 Å². The molecule has 0 saturated carbocycles. The highest BCUT2D eigenvalue weighted by Gasteiger charge is 2.31. The molecule has 1 saturated heterocycles. The highest BCUT2D eigenvalue weighted by atomic mass is 35.5. The van der Waals surface area contributed by atoms with Crippen molar-refractivity contribution in [1.82, 2.24) is 14.5 Å². The second-order valence-electron chi connectivity index (χ2n) is 7.74. The van der Waals surface area contributed by atoms with E-state index in [9.17, 15) is 18.7 Å². The molecule has 9 heteroatoms. The molecule has 0 radical (unpaired) electrons. The number of benzene rings is 2. The Morgan fingerprint density at radius 3 is 2.65 bits per heavy atom. The first kappa shape index (κ1) is 21.5. The van der Waals surface area contributed by atoms with Crippen molar-refractivity contribution in [2.24, 2.45) is 5.92 Å².